The highest BCUT2D eigenvalue weighted by atomic mass is 32.2. The summed E-state index contributed by atoms with van der Waals surface area (Å²) in [6, 6.07) is 17.2. The van der Waals surface area contributed by atoms with E-state index in [2.05, 4.69) is 10.2 Å². The first kappa shape index (κ1) is 19.5. The van der Waals surface area contributed by atoms with Gasteiger partial charge in [-0.25, -0.2) is 4.79 Å². The van der Waals surface area contributed by atoms with E-state index < -0.39 is 5.97 Å². The summed E-state index contributed by atoms with van der Waals surface area (Å²) >= 11 is 1.42. The molecule has 2 N–H and O–H groups in total. The molecule has 0 saturated carbocycles. The summed E-state index contributed by atoms with van der Waals surface area (Å²) in [5.41, 5.74) is 7.81. The van der Waals surface area contributed by atoms with Crippen molar-refractivity contribution < 1.29 is 14.3 Å². The molecule has 0 aliphatic heterocycles. The molecule has 0 unspecified atom stereocenters. The summed E-state index contributed by atoms with van der Waals surface area (Å²) < 4.78 is 10.2. The molecule has 7 heteroatoms. The average Bonchev–Trinajstić information content (AvgIpc) is 2.66. The van der Waals surface area contributed by atoms with Crippen LogP contribution in [0.2, 0.25) is 0 Å². The van der Waals surface area contributed by atoms with Crippen molar-refractivity contribution >= 4 is 29.1 Å². The smallest absolute Gasteiger partial charge is 0.344 e. The van der Waals surface area contributed by atoms with Crippen molar-refractivity contribution in [2.45, 2.75) is 12.7 Å². The van der Waals surface area contributed by atoms with Gasteiger partial charge in [0.1, 0.15) is 5.75 Å². The van der Waals surface area contributed by atoms with Gasteiger partial charge >= 0.3 is 5.97 Å². The lowest BCUT2D eigenvalue weighted by molar-refractivity contribution is -0.145. The van der Waals surface area contributed by atoms with E-state index in [0.717, 1.165) is 11.3 Å². The van der Waals surface area contributed by atoms with Crippen molar-refractivity contribution in [1.29, 1.82) is 0 Å². The van der Waals surface area contributed by atoms with E-state index >= 15 is 0 Å². The van der Waals surface area contributed by atoms with Crippen LogP contribution in [0.15, 0.2) is 64.8 Å². The molecule has 2 aromatic carbocycles. The van der Waals surface area contributed by atoms with Crippen LogP contribution in [-0.2, 0) is 15.3 Å². The molecule has 0 spiro atoms. The first-order valence-corrected chi connectivity index (χ1v) is 9.07. The highest BCUT2D eigenvalue weighted by molar-refractivity contribution is 8.13. The maximum absolute atomic E-state index is 11.3. The molecular weight excluding hydrogens is 350 g/mol. The number of esters is 1. The molecule has 0 radical (unpaired) electrons. The third kappa shape index (κ3) is 7.40. The average molecular weight is 371 g/mol. The molecule has 0 amide bonds. The highest BCUT2D eigenvalue weighted by Gasteiger charge is 2.03. The van der Waals surface area contributed by atoms with Gasteiger partial charge in [-0.15, -0.1) is 5.10 Å². The lowest BCUT2D eigenvalue weighted by atomic mass is 10.2. The molecule has 6 nitrogen and oxygen atoms in total. The number of carbonyl (C=O) groups excluding carboxylic acids is 1. The van der Waals surface area contributed by atoms with Crippen molar-refractivity contribution in [3.8, 4) is 5.75 Å². The number of hydrogen-bond donors (Lipinski definition) is 1. The summed E-state index contributed by atoms with van der Waals surface area (Å²) in [5, 5.41) is 8.35. The first-order valence-electron chi connectivity index (χ1n) is 8.09. The normalized spacial score (nSPS) is 11.5. The zero-order valence-corrected chi connectivity index (χ0v) is 15.3. The standard InChI is InChI=1S/C19H21N3O3S/c1-2-24-18(23)13-25-17-10-6-9-16(11-17)12-21-22-19(20)26-14-15-7-4-3-5-8-15/h3-12H,2,13-14H2,1H3,(H2,20,22). The number of benzene rings is 2. The predicted molar refractivity (Wildman–Crippen MR) is 106 cm³/mol. The molecule has 0 fully saturated rings. The van der Waals surface area contributed by atoms with Gasteiger partial charge in [0.25, 0.3) is 0 Å². The molecule has 26 heavy (non-hydrogen) atoms. The number of ether oxygens (including phenoxy) is 2. The molecule has 0 saturated heterocycles. The number of nitrogens with zero attached hydrogens (tertiary/aromatic N) is 2. The van der Waals surface area contributed by atoms with Crippen LogP contribution in [0.4, 0.5) is 0 Å². The van der Waals surface area contributed by atoms with E-state index in [4.69, 9.17) is 15.2 Å². The molecule has 136 valence electrons. The number of carbonyl (C=O) groups is 1. The maximum atomic E-state index is 11.3. The van der Waals surface area contributed by atoms with Crippen LogP contribution in [0.25, 0.3) is 0 Å². The quantitative estimate of drug-likeness (QED) is 0.333. The van der Waals surface area contributed by atoms with Crippen LogP contribution in [0, 0.1) is 0 Å². The van der Waals surface area contributed by atoms with Crippen LogP contribution < -0.4 is 10.5 Å². The monoisotopic (exact) mass is 371 g/mol. The Morgan fingerprint density at radius 1 is 1.19 bits per heavy atom. The molecule has 0 atom stereocenters. The maximum Gasteiger partial charge on any atom is 0.344 e. The van der Waals surface area contributed by atoms with E-state index in [1.54, 1.807) is 31.3 Å². The Morgan fingerprint density at radius 3 is 2.77 bits per heavy atom. The minimum absolute atomic E-state index is 0.129. The largest absolute Gasteiger partial charge is 0.482 e. The summed E-state index contributed by atoms with van der Waals surface area (Å²) in [6.07, 6.45) is 1.58. The molecule has 0 aromatic heterocycles. The third-order valence-corrected chi connectivity index (χ3v) is 3.97. The number of hydrogen-bond acceptors (Lipinski definition) is 6. The van der Waals surface area contributed by atoms with E-state index in [-0.39, 0.29) is 6.61 Å². The van der Waals surface area contributed by atoms with Gasteiger partial charge < -0.3 is 15.2 Å². The minimum Gasteiger partial charge on any atom is -0.482 e. The van der Waals surface area contributed by atoms with E-state index in [1.165, 1.54) is 17.3 Å². The number of amidine groups is 1. The lowest BCUT2D eigenvalue weighted by Crippen LogP contribution is -2.14. The van der Waals surface area contributed by atoms with Gasteiger partial charge in [-0.3, -0.25) is 0 Å². The Labute approximate surface area is 157 Å². The van der Waals surface area contributed by atoms with E-state index in [0.29, 0.717) is 17.5 Å². The Bertz CT molecular complexity index is 764. The molecule has 0 heterocycles. The van der Waals surface area contributed by atoms with Gasteiger partial charge in [-0.1, -0.05) is 54.2 Å². The second kappa shape index (κ2) is 10.9. The van der Waals surface area contributed by atoms with Crippen LogP contribution in [0.5, 0.6) is 5.75 Å². The van der Waals surface area contributed by atoms with Crippen molar-refractivity contribution in [2.75, 3.05) is 13.2 Å². The van der Waals surface area contributed by atoms with Gasteiger partial charge in [-0.2, -0.15) is 5.10 Å². The van der Waals surface area contributed by atoms with Crippen molar-refractivity contribution in [3.05, 3.63) is 65.7 Å². The fraction of sp³-hybridized carbons (Fsp3) is 0.211. The molecule has 2 rings (SSSR count). The Kier molecular flexibility index (Phi) is 8.21. The number of rotatable bonds is 8. The van der Waals surface area contributed by atoms with Gasteiger partial charge in [0, 0.05) is 5.75 Å². The molecule has 0 aliphatic rings. The zero-order chi connectivity index (χ0) is 18.6. The fourth-order valence-corrected chi connectivity index (χ4v) is 2.55. The third-order valence-electron chi connectivity index (χ3n) is 3.11. The van der Waals surface area contributed by atoms with Crippen LogP contribution in [0.3, 0.4) is 0 Å². The Hall–Kier alpha value is -2.80. The summed E-state index contributed by atoms with van der Waals surface area (Å²) in [7, 11) is 0. The lowest BCUT2D eigenvalue weighted by Gasteiger charge is -2.05. The van der Waals surface area contributed by atoms with E-state index in [9.17, 15) is 4.79 Å². The summed E-state index contributed by atoms with van der Waals surface area (Å²) in [6.45, 7) is 1.95. The number of nitrogens with two attached hydrogens (primary N) is 1. The van der Waals surface area contributed by atoms with Crippen LogP contribution in [-0.4, -0.2) is 30.6 Å². The summed E-state index contributed by atoms with van der Waals surface area (Å²) in [5.74, 6) is 0.889. The SMILES string of the molecule is CCOC(=O)COc1cccc(C=NN=C(N)SCc2ccccc2)c1. The first-order chi connectivity index (χ1) is 12.7. The zero-order valence-electron chi connectivity index (χ0n) is 14.5. The van der Waals surface area contributed by atoms with Crippen molar-refractivity contribution in [1.82, 2.24) is 0 Å². The number of thioether (sulfide) groups is 1. The summed E-state index contributed by atoms with van der Waals surface area (Å²) in [4.78, 5) is 11.3. The topological polar surface area (TPSA) is 86.3 Å². The van der Waals surface area contributed by atoms with Gasteiger partial charge in [0.15, 0.2) is 11.8 Å². The van der Waals surface area contributed by atoms with Crippen molar-refractivity contribution in [2.24, 2.45) is 15.9 Å². The van der Waals surface area contributed by atoms with Gasteiger partial charge in [-0.05, 0) is 30.2 Å². The Balaban J connectivity index is 1.85. The fourth-order valence-electron chi connectivity index (χ4n) is 1.94. The second-order valence-corrected chi connectivity index (χ2v) is 6.12. The highest BCUT2D eigenvalue weighted by Crippen LogP contribution is 2.13. The van der Waals surface area contributed by atoms with Gasteiger partial charge in [0.05, 0.1) is 12.8 Å². The molecule has 2 aromatic rings. The van der Waals surface area contributed by atoms with Crippen molar-refractivity contribution in [3.63, 3.8) is 0 Å². The molecule has 0 bridgehead atoms. The Morgan fingerprint density at radius 2 is 2.00 bits per heavy atom. The van der Waals surface area contributed by atoms with E-state index in [1.807, 2.05) is 36.4 Å². The predicted octanol–water partition coefficient (Wildman–Crippen LogP) is 3.21. The molecular formula is C19H21N3O3S. The van der Waals surface area contributed by atoms with Crippen LogP contribution >= 0.6 is 11.8 Å². The van der Waals surface area contributed by atoms with Gasteiger partial charge in [0.2, 0.25) is 0 Å². The van der Waals surface area contributed by atoms with Crippen LogP contribution in [0.1, 0.15) is 18.1 Å². The minimum atomic E-state index is -0.403. The second-order valence-electron chi connectivity index (χ2n) is 5.12. The molecule has 0 aliphatic carbocycles.